The molecule has 1 atom stereocenters. The number of nitrogens with zero attached hydrogens (tertiary/aromatic N) is 1. The Hall–Kier alpha value is 0.0500. The lowest BCUT2D eigenvalue weighted by atomic mass is 10.2. The van der Waals surface area contributed by atoms with E-state index in [-0.39, 0.29) is 12.1 Å². The lowest BCUT2D eigenvalue weighted by Crippen LogP contribution is -2.44. The van der Waals surface area contributed by atoms with Gasteiger partial charge in [0, 0.05) is 23.1 Å². The first kappa shape index (κ1) is 15.4. The summed E-state index contributed by atoms with van der Waals surface area (Å²) < 4.78 is 28.1. The van der Waals surface area contributed by atoms with Crippen molar-refractivity contribution in [2.75, 3.05) is 13.1 Å². The zero-order valence-electron chi connectivity index (χ0n) is 11.1. The molecule has 0 spiro atoms. The van der Waals surface area contributed by atoms with Gasteiger partial charge in [-0.25, -0.2) is 8.42 Å². The molecule has 0 radical (unpaired) electrons. The van der Waals surface area contributed by atoms with E-state index in [0.29, 0.717) is 15.2 Å². The fraction of sp³-hybridized carbons (Fsp3) is 0.667. The average molecular weight is 367 g/mol. The van der Waals surface area contributed by atoms with E-state index in [9.17, 15) is 8.42 Å². The summed E-state index contributed by atoms with van der Waals surface area (Å²) in [7, 11) is -3.41. The van der Waals surface area contributed by atoms with Crippen molar-refractivity contribution in [2.45, 2.75) is 43.0 Å². The highest BCUT2D eigenvalue weighted by atomic mass is 79.9. The van der Waals surface area contributed by atoms with Gasteiger partial charge in [0.2, 0.25) is 0 Å². The maximum atomic E-state index is 12.7. The van der Waals surface area contributed by atoms with Gasteiger partial charge in [0.25, 0.3) is 10.0 Å². The van der Waals surface area contributed by atoms with Crippen LogP contribution in [0.4, 0.5) is 0 Å². The first-order chi connectivity index (χ1) is 8.93. The lowest BCUT2D eigenvalue weighted by molar-refractivity contribution is 0.323. The molecular weight excluding hydrogens is 348 g/mol. The Bertz CT molecular complexity index is 522. The molecule has 1 aliphatic rings. The van der Waals surface area contributed by atoms with Crippen molar-refractivity contribution < 1.29 is 8.42 Å². The van der Waals surface area contributed by atoms with Crippen molar-refractivity contribution in [3.8, 4) is 0 Å². The van der Waals surface area contributed by atoms with Crippen LogP contribution < -0.4 is 5.32 Å². The van der Waals surface area contributed by atoms with E-state index < -0.39 is 10.0 Å². The molecule has 0 saturated carbocycles. The van der Waals surface area contributed by atoms with E-state index in [0.717, 1.165) is 19.4 Å². The molecule has 1 fully saturated rings. The normalized spacial score (nSPS) is 20.6. The number of thiophene rings is 1. The number of nitrogens with one attached hydrogen (secondary N) is 1. The van der Waals surface area contributed by atoms with Gasteiger partial charge in [0.15, 0.2) is 0 Å². The molecule has 4 nitrogen and oxygen atoms in total. The molecule has 7 heteroatoms. The molecule has 0 aromatic carbocycles. The molecule has 2 heterocycles. The molecule has 1 aromatic heterocycles. The van der Waals surface area contributed by atoms with Crippen molar-refractivity contribution in [3.63, 3.8) is 0 Å². The Morgan fingerprint density at radius 3 is 2.79 bits per heavy atom. The van der Waals surface area contributed by atoms with Crippen LogP contribution in [0.5, 0.6) is 0 Å². The minimum atomic E-state index is -3.41. The van der Waals surface area contributed by atoms with Gasteiger partial charge in [-0.1, -0.05) is 0 Å². The summed E-state index contributed by atoms with van der Waals surface area (Å²) in [5, 5.41) is 5.15. The molecule has 0 aliphatic carbocycles. The SMILES string of the molecule is CC(C)N(CC1CCCN1)S(=O)(=O)c1sccc1Br. The Labute approximate surface area is 127 Å². The van der Waals surface area contributed by atoms with E-state index in [4.69, 9.17) is 0 Å². The van der Waals surface area contributed by atoms with Crippen LogP contribution in [-0.4, -0.2) is 37.9 Å². The second-order valence-electron chi connectivity index (χ2n) is 5.02. The van der Waals surface area contributed by atoms with Gasteiger partial charge in [-0.15, -0.1) is 11.3 Å². The minimum absolute atomic E-state index is 0.0404. The fourth-order valence-electron chi connectivity index (χ4n) is 2.29. The van der Waals surface area contributed by atoms with Crippen LogP contribution in [-0.2, 0) is 10.0 Å². The highest BCUT2D eigenvalue weighted by Gasteiger charge is 2.32. The molecule has 1 aliphatic heterocycles. The van der Waals surface area contributed by atoms with Crippen molar-refractivity contribution in [2.24, 2.45) is 0 Å². The summed E-state index contributed by atoms with van der Waals surface area (Å²) in [4.78, 5) is 0. The summed E-state index contributed by atoms with van der Waals surface area (Å²) in [5.74, 6) is 0. The predicted molar refractivity (Wildman–Crippen MR) is 82.1 cm³/mol. The highest BCUT2D eigenvalue weighted by molar-refractivity contribution is 9.10. The van der Waals surface area contributed by atoms with Crippen molar-refractivity contribution >= 4 is 37.3 Å². The van der Waals surface area contributed by atoms with Crippen LogP contribution in [0.15, 0.2) is 20.1 Å². The largest absolute Gasteiger partial charge is 0.313 e. The first-order valence-electron chi connectivity index (χ1n) is 6.41. The molecule has 1 saturated heterocycles. The van der Waals surface area contributed by atoms with Crippen molar-refractivity contribution in [1.82, 2.24) is 9.62 Å². The van der Waals surface area contributed by atoms with Crippen LogP contribution >= 0.6 is 27.3 Å². The summed E-state index contributed by atoms with van der Waals surface area (Å²) in [6.07, 6.45) is 2.17. The number of hydrogen-bond donors (Lipinski definition) is 1. The summed E-state index contributed by atoms with van der Waals surface area (Å²) >= 11 is 4.58. The van der Waals surface area contributed by atoms with Crippen molar-refractivity contribution in [1.29, 1.82) is 0 Å². The average Bonchev–Trinajstić information content (AvgIpc) is 2.95. The highest BCUT2D eigenvalue weighted by Crippen LogP contribution is 2.31. The van der Waals surface area contributed by atoms with Gasteiger partial charge in [-0.05, 0) is 60.6 Å². The molecule has 1 N–H and O–H groups in total. The maximum absolute atomic E-state index is 12.7. The number of sulfonamides is 1. The van der Waals surface area contributed by atoms with Gasteiger partial charge in [0.1, 0.15) is 4.21 Å². The van der Waals surface area contributed by atoms with E-state index in [1.807, 2.05) is 13.8 Å². The predicted octanol–water partition coefficient (Wildman–Crippen LogP) is 2.66. The molecular formula is C12H19BrN2O2S2. The van der Waals surface area contributed by atoms with Gasteiger partial charge in [-0.3, -0.25) is 0 Å². The van der Waals surface area contributed by atoms with E-state index in [2.05, 4.69) is 21.2 Å². The van der Waals surface area contributed by atoms with Gasteiger partial charge in [0.05, 0.1) is 0 Å². The van der Waals surface area contributed by atoms with Crippen molar-refractivity contribution in [3.05, 3.63) is 15.9 Å². The van der Waals surface area contributed by atoms with E-state index >= 15 is 0 Å². The lowest BCUT2D eigenvalue weighted by Gasteiger charge is -2.28. The Morgan fingerprint density at radius 1 is 1.58 bits per heavy atom. The molecule has 19 heavy (non-hydrogen) atoms. The topological polar surface area (TPSA) is 49.4 Å². The van der Waals surface area contributed by atoms with E-state index in [1.165, 1.54) is 11.3 Å². The first-order valence-corrected chi connectivity index (χ1v) is 9.52. The smallest absolute Gasteiger partial charge is 0.253 e. The van der Waals surface area contributed by atoms with Gasteiger partial charge < -0.3 is 5.32 Å². The number of halogens is 1. The summed E-state index contributed by atoms with van der Waals surface area (Å²) in [6, 6.07) is 2.02. The second-order valence-corrected chi connectivity index (χ2v) is 8.87. The third-order valence-corrected chi connectivity index (χ3v) is 7.96. The van der Waals surface area contributed by atoms with Crippen LogP contribution in [0.1, 0.15) is 26.7 Å². The number of rotatable bonds is 5. The maximum Gasteiger partial charge on any atom is 0.253 e. The Balaban J connectivity index is 2.25. The Morgan fingerprint density at radius 2 is 2.32 bits per heavy atom. The molecule has 1 unspecified atom stereocenters. The molecule has 1 aromatic rings. The zero-order chi connectivity index (χ0) is 14.0. The molecule has 2 rings (SSSR count). The third-order valence-electron chi connectivity index (χ3n) is 3.27. The number of hydrogen-bond acceptors (Lipinski definition) is 4. The fourth-order valence-corrected chi connectivity index (χ4v) is 6.40. The molecule has 108 valence electrons. The van der Waals surface area contributed by atoms with Crippen LogP contribution in [0, 0.1) is 0 Å². The minimum Gasteiger partial charge on any atom is -0.313 e. The second kappa shape index (κ2) is 6.22. The van der Waals surface area contributed by atoms with Crippen LogP contribution in [0.25, 0.3) is 0 Å². The third kappa shape index (κ3) is 3.39. The molecule has 0 bridgehead atoms. The Kier molecular flexibility index (Phi) is 5.05. The van der Waals surface area contributed by atoms with Gasteiger partial charge in [-0.2, -0.15) is 4.31 Å². The monoisotopic (exact) mass is 366 g/mol. The van der Waals surface area contributed by atoms with E-state index in [1.54, 1.807) is 15.8 Å². The zero-order valence-corrected chi connectivity index (χ0v) is 14.3. The van der Waals surface area contributed by atoms with Crippen LogP contribution in [0.3, 0.4) is 0 Å². The van der Waals surface area contributed by atoms with Crippen LogP contribution in [0.2, 0.25) is 0 Å². The summed E-state index contributed by atoms with van der Waals surface area (Å²) in [6.45, 7) is 5.38. The summed E-state index contributed by atoms with van der Waals surface area (Å²) in [5.41, 5.74) is 0. The van der Waals surface area contributed by atoms with Gasteiger partial charge >= 0.3 is 0 Å². The quantitative estimate of drug-likeness (QED) is 0.871. The molecule has 0 amide bonds. The standard InChI is InChI=1S/C12H19BrN2O2S2/c1-9(2)15(8-10-4-3-6-14-10)19(16,17)12-11(13)5-7-18-12/h5,7,9-10,14H,3-4,6,8H2,1-2H3.